The molecule has 1 aromatic carbocycles. The van der Waals surface area contributed by atoms with Crippen molar-refractivity contribution in [1.29, 1.82) is 0 Å². The van der Waals surface area contributed by atoms with Crippen LogP contribution < -0.4 is 0 Å². The van der Waals surface area contributed by atoms with Crippen molar-refractivity contribution in [2.45, 2.75) is 6.18 Å². The maximum Gasteiger partial charge on any atom is 0.416 e. The van der Waals surface area contributed by atoms with Gasteiger partial charge >= 0.3 is 6.18 Å². The maximum atomic E-state index is 12.6. The number of hydrogen-bond acceptors (Lipinski definition) is 3. The van der Waals surface area contributed by atoms with Gasteiger partial charge in [-0.05, 0) is 18.2 Å². The van der Waals surface area contributed by atoms with Crippen molar-refractivity contribution in [1.82, 2.24) is 19.9 Å². The molecular weight excluding hydrogens is 293 g/mol. The van der Waals surface area contributed by atoms with E-state index in [1.807, 2.05) is 0 Å². The van der Waals surface area contributed by atoms with Crippen LogP contribution in [-0.2, 0) is 6.18 Å². The Morgan fingerprint density at radius 1 is 1.10 bits per heavy atom. The zero-order chi connectivity index (χ0) is 14.3. The highest BCUT2D eigenvalue weighted by Gasteiger charge is 2.30. The number of hydrogen-bond donors (Lipinski definition) is 1. The van der Waals surface area contributed by atoms with E-state index in [4.69, 9.17) is 11.6 Å². The molecule has 0 aliphatic carbocycles. The summed E-state index contributed by atoms with van der Waals surface area (Å²) in [5, 5.41) is 0.226. The van der Waals surface area contributed by atoms with Gasteiger partial charge in [-0.1, -0.05) is 11.6 Å². The molecule has 0 fully saturated rings. The quantitative estimate of drug-likeness (QED) is 0.745. The number of imidazole rings is 1. The summed E-state index contributed by atoms with van der Waals surface area (Å²) in [6.45, 7) is 0. The van der Waals surface area contributed by atoms with Crippen LogP contribution in [0.3, 0.4) is 0 Å². The van der Waals surface area contributed by atoms with Gasteiger partial charge in [0.2, 0.25) is 0 Å². The Morgan fingerprint density at radius 3 is 2.55 bits per heavy atom. The van der Waals surface area contributed by atoms with E-state index in [9.17, 15) is 13.2 Å². The monoisotopic (exact) mass is 298 g/mol. The van der Waals surface area contributed by atoms with Crippen LogP contribution in [0.15, 0.2) is 30.6 Å². The molecule has 0 saturated carbocycles. The van der Waals surface area contributed by atoms with E-state index in [-0.39, 0.29) is 10.7 Å². The highest BCUT2D eigenvalue weighted by Crippen LogP contribution is 2.31. The lowest BCUT2D eigenvalue weighted by Crippen LogP contribution is -2.04. The molecule has 0 atom stereocenters. The number of nitrogens with zero attached hydrogens (tertiary/aromatic N) is 3. The predicted octanol–water partition coefficient (Wildman–Crippen LogP) is 3.69. The first-order valence-corrected chi connectivity index (χ1v) is 5.86. The van der Waals surface area contributed by atoms with E-state index in [0.717, 1.165) is 12.1 Å². The van der Waals surface area contributed by atoms with Gasteiger partial charge in [-0.25, -0.2) is 15.0 Å². The number of halogens is 4. The first-order chi connectivity index (χ1) is 9.43. The maximum absolute atomic E-state index is 12.6. The summed E-state index contributed by atoms with van der Waals surface area (Å²) in [5.41, 5.74) is 0.373. The van der Waals surface area contributed by atoms with Gasteiger partial charge in [-0.15, -0.1) is 0 Å². The fourth-order valence-electron chi connectivity index (χ4n) is 1.74. The Morgan fingerprint density at radius 2 is 1.90 bits per heavy atom. The minimum absolute atomic E-state index is 0.226. The summed E-state index contributed by atoms with van der Waals surface area (Å²) in [4.78, 5) is 14.8. The topological polar surface area (TPSA) is 54.5 Å². The SMILES string of the molecule is FC(F)(F)c1ccc2nc(-c3cnc(Cl)cn3)[nH]c2c1. The molecule has 3 aromatic rings. The van der Waals surface area contributed by atoms with Crippen LogP contribution in [0.25, 0.3) is 22.6 Å². The van der Waals surface area contributed by atoms with Crippen molar-refractivity contribution in [2.24, 2.45) is 0 Å². The second kappa shape index (κ2) is 4.45. The average molecular weight is 299 g/mol. The number of aromatic amines is 1. The molecule has 8 heteroatoms. The van der Waals surface area contributed by atoms with E-state index in [1.165, 1.54) is 18.5 Å². The third-order valence-electron chi connectivity index (χ3n) is 2.67. The lowest BCUT2D eigenvalue weighted by atomic mass is 10.2. The Hall–Kier alpha value is -2.15. The fraction of sp³-hybridized carbons (Fsp3) is 0.0833. The van der Waals surface area contributed by atoms with E-state index < -0.39 is 11.7 Å². The number of H-pyrrole nitrogens is 1. The van der Waals surface area contributed by atoms with Gasteiger partial charge in [-0.2, -0.15) is 13.2 Å². The molecule has 4 nitrogen and oxygen atoms in total. The predicted molar refractivity (Wildman–Crippen MR) is 67.1 cm³/mol. The van der Waals surface area contributed by atoms with E-state index in [2.05, 4.69) is 19.9 Å². The van der Waals surface area contributed by atoms with Crippen LogP contribution in [0, 0.1) is 0 Å². The van der Waals surface area contributed by atoms with Crippen LogP contribution >= 0.6 is 11.6 Å². The smallest absolute Gasteiger partial charge is 0.337 e. The van der Waals surface area contributed by atoms with Gasteiger partial charge in [0, 0.05) is 0 Å². The molecule has 2 aromatic heterocycles. The molecule has 0 radical (unpaired) electrons. The van der Waals surface area contributed by atoms with Crippen LogP contribution in [0.2, 0.25) is 5.15 Å². The lowest BCUT2D eigenvalue weighted by molar-refractivity contribution is -0.137. The minimum atomic E-state index is -4.39. The summed E-state index contributed by atoms with van der Waals surface area (Å²) in [5.74, 6) is 0.337. The molecular formula is C12H6ClF3N4. The first-order valence-electron chi connectivity index (χ1n) is 5.48. The zero-order valence-corrected chi connectivity index (χ0v) is 10.5. The summed E-state index contributed by atoms with van der Waals surface area (Å²) < 4.78 is 37.9. The van der Waals surface area contributed by atoms with Crippen molar-refractivity contribution >= 4 is 22.6 Å². The molecule has 102 valence electrons. The normalized spacial score (nSPS) is 12.0. The molecule has 0 aliphatic rings. The summed E-state index contributed by atoms with van der Waals surface area (Å²) in [7, 11) is 0. The fourth-order valence-corrected chi connectivity index (χ4v) is 1.84. The van der Waals surface area contributed by atoms with Gasteiger partial charge in [0.25, 0.3) is 0 Å². The van der Waals surface area contributed by atoms with Crippen molar-refractivity contribution < 1.29 is 13.2 Å². The standard InChI is InChI=1S/C12H6ClF3N4/c13-10-5-17-9(4-18-10)11-19-7-2-1-6(12(14,15)16)3-8(7)20-11/h1-5H,(H,19,20). The van der Waals surface area contributed by atoms with Gasteiger partial charge < -0.3 is 4.98 Å². The molecule has 0 aliphatic heterocycles. The summed E-state index contributed by atoms with van der Waals surface area (Å²) in [6, 6.07) is 3.30. The molecule has 2 heterocycles. The number of rotatable bonds is 1. The molecule has 1 N–H and O–H groups in total. The number of benzene rings is 1. The number of nitrogens with one attached hydrogen (secondary N) is 1. The van der Waals surface area contributed by atoms with Gasteiger partial charge in [0.1, 0.15) is 10.8 Å². The highest BCUT2D eigenvalue weighted by atomic mass is 35.5. The van der Waals surface area contributed by atoms with Crippen molar-refractivity contribution in [3.8, 4) is 11.5 Å². The molecule has 0 bridgehead atoms. The van der Waals surface area contributed by atoms with Crippen LogP contribution in [0.5, 0.6) is 0 Å². The Kier molecular flexibility index (Phi) is 2.86. The van der Waals surface area contributed by atoms with Crippen LogP contribution in [-0.4, -0.2) is 19.9 Å². The Balaban J connectivity index is 2.09. The molecule has 0 saturated heterocycles. The molecule has 0 spiro atoms. The number of alkyl halides is 3. The van der Waals surface area contributed by atoms with Gasteiger partial charge in [-0.3, -0.25) is 0 Å². The van der Waals surface area contributed by atoms with Crippen molar-refractivity contribution in [3.05, 3.63) is 41.3 Å². The lowest BCUT2D eigenvalue weighted by Gasteiger charge is -2.05. The van der Waals surface area contributed by atoms with Crippen molar-refractivity contribution in [2.75, 3.05) is 0 Å². The molecule has 0 amide bonds. The second-order valence-electron chi connectivity index (χ2n) is 4.04. The van der Waals surface area contributed by atoms with E-state index in [0.29, 0.717) is 17.0 Å². The largest absolute Gasteiger partial charge is 0.416 e. The van der Waals surface area contributed by atoms with Gasteiger partial charge in [0.05, 0.1) is 29.0 Å². The van der Waals surface area contributed by atoms with Crippen molar-refractivity contribution in [3.63, 3.8) is 0 Å². The van der Waals surface area contributed by atoms with Crippen LogP contribution in [0.4, 0.5) is 13.2 Å². The average Bonchev–Trinajstić information content (AvgIpc) is 2.81. The molecule has 3 rings (SSSR count). The zero-order valence-electron chi connectivity index (χ0n) is 9.74. The van der Waals surface area contributed by atoms with E-state index >= 15 is 0 Å². The Bertz CT molecular complexity index is 764. The second-order valence-corrected chi connectivity index (χ2v) is 4.43. The number of aromatic nitrogens is 4. The van der Waals surface area contributed by atoms with Gasteiger partial charge in [0.15, 0.2) is 5.82 Å². The third-order valence-corrected chi connectivity index (χ3v) is 2.87. The van der Waals surface area contributed by atoms with Crippen LogP contribution in [0.1, 0.15) is 5.56 Å². The van der Waals surface area contributed by atoms with E-state index in [1.54, 1.807) is 0 Å². The molecule has 0 unspecified atom stereocenters. The Labute approximate surface area is 115 Å². The highest BCUT2D eigenvalue weighted by molar-refractivity contribution is 6.29. The number of fused-ring (bicyclic) bond motifs is 1. The third kappa shape index (κ3) is 2.32. The minimum Gasteiger partial charge on any atom is -0.337 e. The summed E-state index contributed by atoms with van der Waals surface area (Å²) in [6.07, 6.45) is -1.66. The molecule has 20 heavy (non-hydrogen) atoms. The summed E-state index contributed by atoms with van der Waals surface area (Å²) >= 11 is 5.62. The first kappa shape index (κ1) is 12.9.